The number of carbonyl (C=O) groups excluding carboxylic acids is 1. The van der Waals surface area contributed by atoms with Crippen LogP contribution in [0, 0.1) is 6.92 Å². The smallest absolute Gasteiger partial charge is 0.337 e. The van der Waals surface area contributed by atoms with Crippen molar-refractivity contribution in [3.05, 3.63) is 41.0 Å². The predicted molar refractivity (Wildman–Crippen MR) is 68.0 cm³/mol. The maximum Gasteiger partial charge on any atom is 0.337 e. The van der Waals surface area contributed by atoms with E-state index in [0.29, 0.717) is 5.56 Å². The van der Waals surface area contributed by atoms with Gasteiger partial charge in [-0.25, -0.2) is 4.79 Å². The molecule has 0 saturated carbocycles. The van der Waals surface area contributed by atoms with Crippen molar-refractivity contribution in [3.8, 4) is 0 Å². The first-order valence-corrected chi connectivity index (χ1v) is 5.81. The molecule has 1 aliphatic rings. The highest BCUT2D eigenvalue weighted by Gasteiger charge is 2.12. The van der Waals surface area contributed by atoms with Gasteiger partial charge in [0, 0.05) is 6.54 Å². The normalized spacial score (nSPS) is 15.3. The van der Waals surface area contributed by atoms with Crippen molar-refractivity contribution in [3.63, 3.8) is 0 Å². The Labute approximate surface area is 101 Å². The van der Waals surface area contributed by atoms with E-state index < -0.39 is 0 Å². The lowest BCUT2D eigenvalue weighted by atomic mass is 9.94. The van der Waals surface area contributed by atoms with Crippen LogP contribution in [0.4, 0.5) is 0 Å². The van der Waals surface area contributed by atoms with E-state index in [-0.39, 0.29) is 5.97 Å². The largest absolute Gasteiger partial charge is 0.465 e. The zero-order valence-electron chi connectivity index (χ0n) is 10.2. The zero-order valence-corrected chi connectivity index (χ0v) is 10.2. The predicted octanol–water partition coefficient (Wildman–Crippen LogP) is 2.16. The highest BCUT2D eigenvalue weighted by molar-refractivity contribution is 5.90. The summed E-state index contributed by atoms with van der Waals surface area (Å²) >= 11 is 0. The van der Waals surface area contributed by atoms with Crippen LogP contribution in [0.2, 0.25) is 0 Å². The third-order valence-corrected chi connectivity index (χ3v) is 3.07. The van der Waals surface area contributed by atoms with Crippen molar-refractivity contribution in [1.82, 2.24) is 5.32 Å². The molecule has 0 aliphatic carbocycles. The fourth-order valence-corrected chi connectivity index (χ4v) is 2.08. The molecule has 0 bridgehead atoms. The molecular formula is C14H17NO2. The molecule has 2 rings (SSSR count). The van der Waals surface area contributed by atoms with Crippen LogP contribution in [-0.4, -0.2) is 26.2 Å². The van der Waals surface area contributed by atoms with Gasteiger partial charge >= 0.3 is 5.97 Å². The van der Waals surface area contributed by atoms with Crippen molar-refractivity contribution >= 4 is 11.5 Å². The Balaban J connectivity index is 2.38. The Hall–Kier alpha value is -1.61. The molecular weight excluding hydrogens is 214 g/mol. The van der Waals surface area contributed by atoms with E-state index in [9.17, 15) is 4.79 Å². The van der Waals surface area contributed by atoms with E-state index in [1.165, 1.54) is 18.2 Å². The average Bonchev–Trinajstić information content (AvgIpc) is 2.39. The fraction of sp³-hybridized carbons (Fsp3) is 0.357. The van der Waals surface area contributed by atoms with Gasteiger partial charge in [-0.1, -0.05) is 12.1 Å². The molecule has 1 N–H and O–H groups in total. The number of aryl methyl sites for hydroxylation is 1. The van der Waals surface area contributed by atoms with Gasteiger partial charge in [0.2, 0.25) is 0 Å². The van der Waals surface area contributed by atoms with E-state index in [2.05, 4.69) is 18.3 Å². The summed E-state index contributed by atoms with van der Waals surface area (Å²) in [4.78, 5) is 11.5. The second-order valence-corrected chi connectivity index (χ2v) is 4.20. The maximum atomic E-state index is 11.5. The van der Waals surface area contributed by atoms with Crippen LogP contribution in [0.25, 0.3) is 5.57 Å². The van der Waals surface area contributed by atoms with Gasteiger partial charge < -0.3 is 10.1 Å². The molecule has 0 aromatic heterocycles. The maximum absolute atomic E-state index is 11.5. The van der Waals surface area contributed by atoms with Gasteiger partial charge in [-0.15, -0.1) is 0 Å². The number of hydrogen-bond acceptors (Lipinski definition) is 3. The van der Waals surface area contributed by atoms with Gasteiger partial charge in [0.25, 0.3) is 0 Å². The average molecular weight is 231 g/mol. The molecule has 0 atom stereocenters. The molecule has 0 spiro atoms. The second-order valence-electron chi connectivity index (χ2n) is 4.20. The van der Waals surface area contributed by atoms with E-state index in [0.717, 1.165) is 25.1 Å². The van der Waals surface area contributed by atoms with Gasteiger partial charge in [-0.2, -0.15) is 0 Å². The molecule has 1 heterocycles. The summed E-state index contributed by atoms with van der Waals surface area (Å²) < 4.78 is 4.75. The van der Waals surface area contributed by atoms with Crippen molar-refractivity contribution in [1.29, 1.82) is 0 Å². The summed E-state index contributed by atoms with van der Waals surface area (Å²) in [6.07, 6.45) is 3.19. The van der Waals surface area contributed by atoms with Crippen molar-refractivity contribution in [2.75, 3.05) is 20.2 Å². The summed E-state index contributed by atoms with van der Waals surface area (Å²) in [5, 5.41) is 3.28. The SMILES string of the molecule is COC(=O)c1ccc(C)c(C2=CCNCC2)c1. The number of esters is 1. The first-order valence-electron chi connectivity index (χ1n) is 5.81. The van der Waals surface area contributed by atoms with Crippen LogP contribution in [0.5, 0.6) is 0 Å². The van der Waals surface area contributed by atoms with Gasteiger partial charge in [-0.05, 0) is 48.7 Å². The minimum Gasteiger partial charge on any atom is -0.465 e. The number of carbonyl (C=O) groups is 1. The quantitative estimate of drug-likeness (QED) is 0.793. The Morgan fingerprint density at radius 2 is 2.24 bits per heavy atom. The standard InChI is InChI=1S/C14H17NO2/c1-10-3-4-12(14(16)17-2)9-13(10)11-5-7-15-8-6-11/h3-5,9,15H,6-8H2,1-2H3. The van der Waals surface area contributed by atoms with Gasteiger partial charge in [0.1, 0.15) is 0 Å². The minimum atomic E-state index is -0.277. The Kier molecular flexibility index (Phi) is 3.59. The van der Waals surface area contributed by atoms with Crippen LogP contribution in [0.3, 0.4) is 0 Å². The summed E-state index contributed by atoms with van der Waals surface area (Å²) in [6.45, 7) is 3.96. The van der Waals surface area contributed by atoms with Crippen molar-refractivity contribution in [2.45, 2.75) is 13.3 Å². The number of methoxy groups -OCH3 is 1. The lowest BCUT2D eigenvalue weighted by Crippen LogP contribution is -2.20. The first-order chi connectivity index (χ1) is 8.22. The molecule has 3 heteroatoms. The van der Waals surface area contributed by atoms with Crippen molar-refractivity contribution < 1.29 is 9.53 Å². The molecule has 0 saturated heterocycles. The molecule has 1 aromatic carbocycles. The zero-order chi connectivity index (χ0) is 12.3. The summed E-state index contributed by atoms with van der Waals surface area (Å²) in [6, 6.07) is 5.72. The Morgan fingerprint density at radius 3 is 2.88 bits per heavy atom. The highest BCUT2D eigenvalue weighted by Crippen LogP contribution is 2.24. The first kappa shape index (κ1) is 11.9. The third-order valence-electron chi connectivity index (χ3n) is 3.07. The Morgan fingerprint density at radius 1 is 1.41 bits per heavy atom. The summed E-state index contributed by atoms with van der Waals surface area (Å²) in [5.74, 6) is -0.277. The van der Waals surface area contributed by atoms with Crippen LogP contribution in [0.15, 0.2) is 24.3 Å². The van der Waals surface area contributed by atoms with Crippen LogP contribution in [-0.2, 0) is 4.74 Å². The lowest BCUT2D eigenvalue weighted by molar-refractivity contribution is 0.0600. The van der Waals surface area contributed by atoms with Gasteiger partial charge in [0.05, 0.1) is 12.7 Å². The van der Waals surface area contributed by atoms with Gasteiger partial charge in [0.15, 0.2) is 0 Å². The van der Waals surface area contributed by atoms with E-state index in [1.54, 1.807) is 0 Å². The molecule has 90 valence electrons. The fourth-order valence-electron chi connectivity index (χ4n) is 2.08. The molecule has 3 nitrogen and oxygen atoms in total. The molecule has 0 radical (unpaired) electrons. The van der Waals surface area contributed by atoms with E-state index >= 15 is 0 Å². The molecule has 0 fully saturated rings. The third kappa shape index (κ3) is 2.56. The topological polar surface area (TPSA) is 38.3 Å². The summed E-state index contributed by atoms with van der Waals surface area (Å²) in [7, 11) is 1.41. The number of nitrogens with one attached hydrogen (secondary N) is 1. The molecule has 1 aromatic rings. The van der Waals surface area contributed by atoms with E-state index in [4.69, 9.17) is 4.74 Å². The number of hydrogen-bond donors (Lipinski definition) is 1. The minimum absolute atomic E-state index is 0.277. The van der Waals surface area contributed by atoms with Crippen molar-refractivity contribution in [2.24, 2.45) is 0 Å². The molecule has 17 heavy (non-hydrogen) atoms. The summed E-state index contributed by atoms with van der Waals surface area (Å²) in [5.41, 5.74) is 4.29. The van der Waals surface area contributed by atoms with E-state index in [1.807, 2.05) is 18.2 Å². The monoisotopic (exact) mass is 231 g/mol. The highest BCUT2D eigenvalue weighted by atomic mass is 16.5. The van der Waals surface area contributed by atoms with Crippen LogP contribution < -0.4 is 5.32 Å². The molecule has 0 unspecified atom stereocenters. The van der Waals surface area contributed by atoms with Gasteiger partial charge in [-0.3, -0.25) is 0 Å². The second kappa shape index (κ2) is 5.15. The Bertz CT molecular complexity index is 463. The number of benzene rings is 1. The number of rotatable bonds is 2. The lowest BCUT2D eigenvalue weighted by Gasteiger charge is -2.16. The molecule has 0 amide bonds. The van der Waals surface area contributed by atoms with Crippen LogP contribution in [0.1, 0.15) is 27.9 Å². The molecule has 1 aliphatic heterocycles. The number of ether oxygens (including phenoxy) is 1. The van der Waals surface area contributed by atoms with Crippen LogP contribution >= 0.6 is 0 Å².